The number of pyridine rings is 1. The average Bonchev–Trinajstić information content (AvgIpc) is 2.33. The van der Waals surface area contributed by atoms with E-state index in [0.29, 0.717) is 11.4 Å². The third kappa shape index (κ3) is 2.39. The van der Waals surface area contributed by atoms with Crippen LogP contribution in [-0.2, 0) is 0 Å². The summed E-state index contributed by atoms with van der Waals surface area (Å²) in [5.74, 6) is 5.72. The number of amides is 1. The maximum atomic E-state index is 12.0. The van der Waals surface area contributed by atoms with E-state index in [1.807, 2.05) is 0 Å². The third-order valence-electron chi connectivity index (χ3n) is 3.54. The molecule has 1 aromatic rings. The molecule has 2 rings (SSSR count). The quantitative estimate of drug-likeness (QED) is 0.544. The summed E-state index contributed by atoms with van der Waals surface area (Å²) < 4.78 is 0. The predicted octanol–water partition coefficient (Wildman–Crippen LogP) is 1.43. The van der Waals surface area contributed by atoms with Gasteiger partial charge in [0.05, 0.1) is 5.56 Å². The molecule has 4 N–H and O–H groups in total. The highest BCUT2D eigenvalue weighted by molar-refractivity contribution is 5.94. The molecule has 0 radical (unpaired) electrons. The van der Waals surface area contributed by atoms with E-state index in [9.17, 15) is 4.79 Å². The summed E-state index contributed by atoms with van der Waals surface area (Å²) in [6.07, 6.45) is 5.86. The van der Waals surface area contributed by atoms with E-state index in [0.717, 1.165) is 19.3 Å². The average molecular weight is 234 g/mol. The van der Waals surface area contributed by atoms with Crippen LogP contribution < -0.4 is 16.6 Å². The van der Waals surface area contributed by atoms with E-state index in [4.69, 9.17) is 5.84 Å². The van der Waals surface area contributed by atoms with Crippen LogP contribution in [0.3, 0.4) is 0 Å². The number of rotatable bonds is 4. The molecule has 0 saturated heterocycles. The predicted molar refractivity (Wildman–Crippen MR) is 66.4 cm³/mol. The van der Waals surface area contributed by atoms with Gasteiger partial charge in [-0.15, -0.1) is 0 Å². The lowest BCUT2D eigenvalue weighted by molar-refractivity contribution is 0.0820. The van der Waals surface area contributed by atoms with Crippen molar-refractivity contribution in [3.05, 3.63) is 23.9 Å². The Morgan fingerprint density at radius 3 is 2.71 bits per heavy atom. The van der Waals surface area contributed by atoms with Gasteiger partial charge in [-0.05, 0) is 37.8 Å². The highest BCUT2D eigenvalue weighted by atomic mass is 16.1. The molecule has 0 bridgehead atoms. The van der Waals surface area contributed by atoms with E-state index in [1.54, 1.807) is 12.1 Å². The number of aromatic nitrogens is 1. The van der Waals surface area contributed by atoms with Crippen LogP contribution >= 0.6 is 0 Å². The van der Waals surface area contributed by atoms with Crippen molar-refractivity contribution in [2.75, 3.05) is 5.43 Å². The molecule has 0 aliphatic heterocycles. The van der Waals surface area contributed by atoms with Gasteiger partial charge >= 0.3 is 0 Å². The largest absolute Gasteiger partial charge is 0.347 e. The second kappa shape index (κ2) is 4.71. The number of carbonyl (C=O) groups is 1. The van der Waals surface area contributed by atoms with Crippen LogP contribution in [-0.4, -0.2) is 16.4 Å². The van der Waals surface area contributed by atoms with Crippen LogP contribution in [0, 0.1) is 0 Å². The number of hydrazine groups is 1. The van der Waals surface area contributed by atoms with Gasteiger partial charge in [0.1, 0.15) is 5.82 Å². The Morgan fingerprint density at radius 1 is 1.53 bits per heavy atom. The third-order valence-corrected chi connectivity index (χ3v) is 3.54. The molecular formula is C12H18N4O. The maximum absolute atomic E-state index is 12.0. The zero-order valence-electron chi connectivity index (χ0n) is 9.99. The molecule has 17 heavy (non-hydrogen) atoms. The molecule has 1 aliphatic carbocycles. The summed E-state index contributed by atoms with van der Waals surface area (Å²) >= 11 is 0. The molecule has 1 amide bonds. The van der Waals surface area contributed by atoms with Gasteiger partial charge in [-0.1, -0.05) is 6.92 Å². The van der Waals surface area contributed by atoms with Crippen LogP contribution in [0.2, 0.25) is 0 Å². The maximum Gasteiger partial charge on any atom is 0.253 e. The second-order valence-electron chi connectivity index (χ2n) is 4.52. The van der Waals surface area contributed by atoms with Crippen molar-refractivity contribution in [2.24, 2.45) is 5.84 Å². The van der Waals surface area contributed by atoms with Crippen LogP contribution in [0.5, 0.6) is 0 Å². The Labute approximate surface area is 101 Å². The molecule has 0 atom stereocenters. The van der Waals surface area contributed by atoms with Crippen molar-refractivity contribution in [3.63, 3.8) is 0 Å². The number of nitrogens with two attached hydrogens (primary N) is 1. The lowest BCUT2D eigenvalue weighted by atomic mass is 9.74. The summed E-state index contributed by atoms with van der Waals surface area (Å²) in [6.45, 7) is 2.11. The van der Waals surface area contributed by atoms with Gasteiger partial charge in [0.15, 0.2) is 0 Å². The van der Waals surface area contributed by atoms with Crippen molar-refractivity contribution in [3.8, 4) is 0 Å². The van der Waals surface area contributed by atoms with Crippen LogP contribution in [0.1, 0.15) is 43.0 Å². The normalized spacial score (nSPS) is 17.1. The first-order chi connectivity index (χ1) is 8.19. The number of nitrogens with one attached hydrogen (secondary N) is 2. The first-order valence-electron chi connectivity index (χ1n) is 5.94. The molecule has 1 heterocycles. The van der Waals surface area contributed by atoms with Crippen LogP contribution in [0.15, 0.2) is 18.3 Å². The molecule has 1 aromatic heterocycles. The zero-order valence-corrected chi connectivity index (χ0v) is 9.99. The van der Waals surface area contributed by atoms with Gasteiger partial charge in [0.2, 0.25) is 0 Å². The molecule has 5 heteroatoms. The minimum atomic E-state index is -0.0531. The Bertz CT molecular complexity index is 392. The zero-order chi connectivity index (χ0) is 12.3. The summed E-state index contributed by atoms with van der Waals surface area (Å²) in [4.78, 5) is 16.0. The number of anilines is 1. The summed E-state index contributed by atoms with van der Waals surface area (Å²) in [5, 5.41) is 3.10. The van der Waals surface area contributed by atoms with Gasteiger partial charge in [0, 0.05) is 11.7 Å². The molecule has 0 aromatic carbocycles. The van der Waals surface area contributed by atoms with Crippen LogP contribution in [0.25, 0.3) is 0 Å². The van der Waals surface area contributed by atoms with Crippen molar-refractivity contribution >= 4 is 11.7 Å². The van der Waals surface area contributed by atoms with Gasteiger partial charge in [-0.3, -0.25) is 4.79 Å². The van der Waals surface area contributed by atoms with Gasteiger partial charge in [-0.25, -0.2) is 10.8 Å². The van der Waals surface area contributed by atoms with E-state index in [-0.39, 0.29) is 11.4 Å². The topological polar surface area (TPSA) is 80.0 Å². The minimum absolute atomic E-state index is 0.0157. The molecule has 1 fully saturated rings. The number of hydrogen-bond acceptors (Lipinski definition) is 4. The Hall–Kier alpha value is -1.62. The second-order valence-corrected chi connectivity index (χ2v) is 4.52. The summed E-state index contributed by atoms with van der Waals surface area (Å²) in [7, 11) is 0. The standard InChI is InChI=1S/C12H18N4O/c1-2-12(6-3-7-12)15-11(17)9-4-5-10(16-13)14-8-9/h4-5,8H,2-3,6-7,13H2,1H3,(H,14,16)(H,15,17). The van der Waals surface area contributed by atoms with E-state index in [2.05, 4.69) is 22.7 Å². The Balaban J connectivity index is 2.03. The highest BCUT2D eigenvalue weighted by Crippen LogP contribution is 2.34. The van der Waals surface area contributed by atoms with Crippen molar-refractivity contribution < 1.29 is 4.79 Å². The van der Waals surface area contributed by atoms with Gasteiger partial charge in [-0.2, -0.15) is 0 Å². The SMILES string of the molecule is CCC1(NC(=O)c2ccc(NN)nc2)CCC1. The lowest BCUT2D eigenvalue weighted by Crippen LogP contribution is -2.52. The smallest absolute Gasteiger partial charge is 0.253 e. The van der Waals surface area contributed by atoms with Crippen molar-refractivity contribution in [1.29, 1.82) is 0 Å². The minimum Gasteiger partial charge on any atom is -0.347 e. The fraction of sp³-hybridized carbons (Fsp3) is 0.500. The molecule has 92 valence electrons. The summed E-state index contributed by atoms with van der Waals surface area (Å²) in [6, 6.07) is 3.41. The fourth-order valence-corrected chi connectivity index (χ4v) is 2.10. The molecule has 0 unspecified atom stereocenters. The molecule has 0 spiro atoms. The van der Waals surface area contributed by atoms with E-state index in [1.165, 1.54) is 12.6 Å². The number of nitrogens with zero attached hydrogens (tertiary/aromatic N) is 1. The first kappa shape index (κ1) is 11.9. The van der Waals surface area contributed by atoms with E-state index < -0.39 is 0 Å². The number of carbonyl (C=O) groups excluding carboxylic acids is 1. The van der Waals surface area contributed by atoms with Gasteiger partial charge < -0.3 is 10.7 Å². The Kier molecular flexibility index (Phi) is 3.28. The molecule has 1 saturated carbocycles. The molecular weight excluding hydrogens is 216 g/mol. The van der Waals surface area contributed by atoms with Crippen LogP contribution in [0.4, 0.5) is 5.82 Å². The highest BCUT2D eigenvalue weighted by Gasteiger charge is 2.36. The number of nitrogen functional groups attached to an aromatic ring is 1. The molecule has 5 nitrogen and oxygen atoms in total. The Morgan fingerprint density at radius 2 is 2.29 bits per heavy atom. The van der Waals surface area contributed by atoms with Crippen molar-refractivity contribution in [1.82, 2.24) is 10.3 Å². The summed E-state index contributed by atoms with van der Waals surface area (Å²) in [5.41, 5.74) is 3.02. The lowest BCUT2D eigenvalue weighted by Gasteiger charge is -2.42. The van der Waals surface area contributed by atoms with Gasteiger partial charge in [0.25, 0.3) is 5.91 Å². The van der Waals surface area contributed by atoms with E-state index >= 15 is 0 Å². The fourth-order valence-electron chi connectivity index (χ4n) is 2.10. The molecule has 1 aliphatic rings. The first-order valence-corrected chi connectivity index (χ1v) is 5.94. The number of hydrogen-bond donors (Lipinski definition) is 3. The van der Waals surface area contributed by atoms with Crippen molar-refractivity contribution in [2.45, 2.75) is 38.1 Å². The monoisotopic (exact) mass is 234 g/mol.